The van der Waals surface area contributed by atoms with Crippen LogP contribution >= 0.6 is 11.8 Å². The molecule has 4 aromatic rings. The van der Waals surface area contributed by atoms with Crippen LogP contribution in [0.4, 0.5) is 10.2 Å². The van der Waals surface area contributed by atoms with E-state index in [9.17, 15) is 14.0 Å². The Bertz CT molecular complexity index is 1560. The molecule has 1 N–H and O–H groups in total. The van der Waals surface area contributed by atoms with Gasteiger partial charge >= 0.3 is 0 Å². The van der Waals surface area contributed by atoms with Crippen molar-refractivity contribution in [3.63, 3.8) is 0 Å². The Labute approximate surface area is 247 Å². The van der Waals surface area contributed by atoms with E-state index in [0.29, 0.717) is 41.8 Å². The summed E-state index contributed by atoms with van der Waals surface area (Å²) in [4.78, 5) is 28.4. The molecule has 0 spiro atoms. The lowest BCUT2D eigenvalue weighted by Crippen LogP contribution is -2.43. The maximum atomic E-state index is 14.0. The van der Waals surface area contributed by atoms with Crippen LogP contribution in [0, 0.1) is 5.82 Å². The van der Waals surface area contributed by atoms with E-state index in [1.807, 2.05) is 48.5 Å². The standard InChI is InChI=1S/C31H31FN4O5S/c1-39-16-15-33-26(37)18-35-27(38)19-42-30(24-17-23(40-2)13-14-25(24)41-3)28-29(20-7-5-4-6-8-20)34-36(31(28)35)22-11-9-21(32)10-12-22/h4-14,17,30H,15-16,18-19H2,1-3H3,(H,33,37). The Morgan fingerprint density at radius 2 is 1.81 bits per heavy atom. The highest BCUT2D eigenvalue weighted by Crippen LogP contribution is 2.51. The zero-order chi connectivity index (χ0) is 29.6. The predicted molar refractivity (Wildman–Crippen MR) is 160 cm³/mol. The summed E-state index contributed by atoms with van der Waals surface area (Å²) in [7, 11) is 4.73. The largest absolute Gasteiger partial charge is 0.497 e. The van der Waals surface area contributed by atoms with Crippen LogP contribution in [-0.2, 0) is 14.3 Å². The van der Waals surface area contributed by atoms with Crippen LogP contribution < -0.4 is 19.7 Å². The first-order valence-corrected chi connectivity index (χ1v) is 14.3. The summed E-state index contributed by atoms with van der Waals surface area (Å²) in [6, 6.07) is 21.0. The summed E-state index contributed by atoms with van der Waals surface area (Å²) in [5, 5.41) is 7.38. The number of hydrogen-bond acceptors (Lipinski definition) is 7. The number of nitrogens with one attached hydrogen (secondary N) is 1. The van der Waals surface area contributed by atoms with Gasteiger partial charge in [-0.1, -0.05) is 30.3 Å². The third-order valence-electron chi connectivity index (χ3n) is 6.86. The average Bonchev–Trinajstić information content (AvgIpc) is 3.34. The van der Waals surface area contributed by atoms with Gasteiger partial charge in [-0.3, -0.25) is 14.5 Å². The molecule has 0 fully saturated rings. The number of aromatic nitrogens is 2. The number of amides is 2. The van der Waals surface area contributed by atoms with Crippen molar-refractivity contribution in [1.82, 2.24) is 15.1 Å². The smallest absolute Gasteiger partial charge is 0.240 e. The molecule has 1 aliphatic heterocycles. The van der Waals surface area contributed by atoms with Gasteiger partial charge in [0.15, 0.2) is 0 Å². The SMILES string of the molecule is COCCNC(=O)CN1C(=O)CSC(c2cc(OC)ccc2OC)c2c(-c3ccccc3)nn(-c3ccc(F)cc3)c21. The minimum atomic E-state index is -0.431. The lowest BCUT2D eigenvalue weighted by Gasteiger charge is -2.23. The number of carbonyl (C=O) groups is 2. The van der Waals surface area contributed by atoms with Gasteiger partial charge in [-0.15, -0.1) is 11.8 Å². The highest BCUT2D eigenvalue weighted by molar-refractivity contribution is 8.00. The van der Waals surface area contributed by atoms with Gasteiger partial charge in [0.05, 0.1) is 43.2 Å². The fraction of sp³-hybridized carbons (Fsp3) is 0.258. The molecule has 0 bridgehead atoms. The molecule has 0 radical (unpaired) electrons. The number of ether oxygens (including phenoxy) is 3. The normalized spacial score (nSPS) is 14.7. The molecule has 218 valence electrons. The summed E-state index contributed by atoms with van der Waals surface area (Å²) >= 11 is 1.42. The maximum Gasteiger partial charge on any atom is 0.240 e. The molecule has 0 aliphatic carbocycles. The fourth-order valence-corrected chi connectivity index (χ4v) is 6.09. The number of halogens is 1. The van der Waals surface area contributed by atoms with E-state index in [4.69, 9.17) is 19.3 Å². The Kier molecular flexibility index (Phi) is 9.09. The number of carbonyl (C=O) groups excluding carboxylic acids is 2. The van der Waals surface area contributed by atoms with Crippen LogP contribution in [0.3, 0.4) is 0 Å². The third kappa shape index (κ3) is 5.97. The van der Waals surface area contributed by atoms with Gasteiger partial charge in [0.25, 0.3) is 0 Å². The van der Waals surface area contributed by atoms with Crippen molar-refractivity contribution in [3.05, 3.63) is 89.7 Å². The second-order valence-electron chi connectivity index (χ2n) is 9.46. The van der Waals surface area contributed by atoms with Crippen molar-refractivity contribution in [3.8, 4) is 28.4 Å². The Hall–Kier alpha value is -4.35. The molecule has 9 nitrogen and oxygen atoms in total. The topological polar surface area (TPSA) is 94.9 Å². The molecule has 1 aliphatic rings. The molecule has 0 saturated carbocycles. The molecular formula is C31H31FN4O5S. The van der Waals surface area contributed by atoms with E-state index in [1.54, 1.807) is 38.1 Å². The van der Waals surface area contributed by atoms with Crippen molar-refractivity contribution in [2.75, 3.05) is 51.7 Å². The molecular weight excluding hydrogens is 559 g/mol. The molecule has 2 heterocycles. The van der Waals surface area contributed by atoms with Gasteiger partial charge in [-0.05, 0) is 42.5 Å². The first kappa shape index (κ1) is 29.2. The Morgan fingerprint density at radius 1 is 1.05 bits per heavy atom. The number of benzene rings is 3. The first-order valence-electron chi connectivity index (χ1n) is 13.3. The molecule has 5 rings (SSSR count). The summed E-state index contributed by atoms with van der Waals surface area (Å²) in [6.07, 6.45) is 0. The average molecular weight is 591 g/mol. The second-order valence-corrected chi connectivity index (χ2v) is 10.6. The molecule has 1 aromatic heterocycles. The quantitative estimate of drug-likeness (QED) is 0.269. The van der Waals surface area contributed by atoms with Crippen molar-refractivity contribution in [2.24, 2.45) is 0 Å². The monoisotopic (exact) mass is 590 g/mol. The highest BCUT2D eigenvalue weighted by Gasteiger charge is 2.38. The van der Waals surface area contributed by atoms with Crippen LogP contribution in [0.15, 0.2) is 72.8 Å². The van der Waals surface area contributed by atoms with Crippen molar-refractivity contribution in [1.29, 1.82) is 0 Å². The molecule has 1 atom stereocenters. The number of rotatable bonds is 10. The van der Waals surface area contributed by atoms with Crippen molar-refractivity contribution in [2.45, 2.75) is 5.25 Å². The van der Waals surface area contributed by atoms with E-state index in [0.717, 1.165) is 16.7 Å². The molecule has 42 heavy (non-hydrogen) atoms. The number of thioether (sulfide) groups is 1. The molecule has 1 unspecified atom stereocenters. The van der Waals surface area contributed by atoms with E-state index < -0.39 is 11.1 Å². The van der Waals surface area contributed by atoms with Crippen LogP contribution in [-0.4, -0.2) is 68.4 Å². The van der Waals surface area contributed by atoms with Crippen molar-refractivity contribution < 1.29 is 28.2 Å². The van der Waals surface area contributed by atoms with Gasteiger partial charge in [0.1, 0.15) is 29.7 Å². The number of anilines is 1. The van der Waals surface area contributed by atoms with Crippen LogP contribution in [0.5, 0.6) is 11.5 Å². The number of nitrogens with zero attached hydrogens (tertiary/aromatic N) is 3. The lowest BCUT2D eigenvalue weighted by molar-refractivity contribution is -0.123. The molecule has 11 heteroatoms. The third-order valence-corrected chi connectivity index (χ3v) is 8.09. The van der Waals surface area contributed by atoms with Gasteiger partial charge in [0, 0.05) is 30.3 Å². The van der Waals surface area contributed by atoms with E-state index >= 15 is 0 Å². The zero-order valence-corrected chi connectivity index (χ0v) is 24.3. The van der Waals surface area contributed by atoms with E-state index in [1.165, 1.54) is 28.8 Å². The fourth-order valence-electron chi connectivity index (χ4n) is 4.87. The summed E-state index contributed by atoms with van der Waals surface area (Å²) in [6.45, 7) is 0.401. The van der Waals surface area contributed by atoms with Gasteiger partial charge in [0.2, 0.25) is 11.8 Å². The van der Waals surface area contributed by atoms with Crippen molar-refractivity contribution >= 4 is 29.4 Å². The number of fused-ring (bicyclic) bond motifs is 1. The number of methoxy groups -OCH3 is 3. The second kappa shape index (κ2) is 13.1. The Morgan fingerprint density at radius 3 is 2.50 bits per heavy atom. The van der Waals surface area contributed by atoms with Gasteiger partial charge in [-0.2, -0.15) is 5.10 Å². The Balaban J connectivity index is 1.78. The summed E-state index contributed by atoms with van der Waals surface area (Å²) in [5.74, 6) is 0.740. The zero-order valence-electron chi connectivity index (χ0n) is 23.5. The minimum Gasteiger partial charge on any atom is -0.497 e. The number of hydrogen-bond donors (Lipinski definition) is 1. The highest BCUT2D eigenvalue weighted by atomic mass is 32.2. The van der Waals surface area contributed by atoms with E-state index in [-0.39, 0.29) is 24.1 Å². The lowest BCUT2D eigenvalue weighted by atomic mass is 9.98. The maximum absolute atomic E-state index is 14.0. The molecule has 3 aromatic carbocycles. The minimum absolute atomic E-state index is 0.0860. The van der Waals surface area contributed by atoms with E-state index in [2.05, 4.69) is 5.32 Å². The van der Waals surface area contributed by atoms with Crippen LogP contribution in [0.2, 0.25) is 0 Å². The summed E-state index contributed by atoms with van der Waals surface area (Å²) in [5.41, 5.74) is 3.49. The van der Waals surface area contributed by atoms with Crippen LogP contribution in [0.25, 0.3) is 16.9 Å². The summed E-state index contributed by atoms with van der Waals surface area (Å²) < 4.78 is 32.0. The van der Waals surface area contributed by atoms with Gasteiger partial charge in [-0.25, -0.2) is 9.07 Å². The van der Waals surface area contributed by atoms with Crippen LogP contribution in [0.1, 0.15) is 16.4 Å². The first-order chi connectivity index (χ1) is 20.4. The molecule has 2 amide bonds. The molecule has 0 saturated heterocycles. The van der Waals surface area contributed by atoms with Gasteiger partial charge < -0.3 is 19.5 Å². The predicted octanol–water partition coefficient (Wildman–Crippen LogP) is 4.63.